The van der Waals surface area contributed by atoms with Crippen molar-refractivity contribution < 1.29 is 24.2 Å². The average Bonchev–Trinajstić information content (AvgIpc) is 2.24. The molecule has 0 saturated carbocycles. The third-order valence-electron chi connectivity index (χ3n) is 1.99. The van der Waals surface area contributed by atoms with E-state index in [9.17, 15) is 14.7 Å². The highest BCUT2D eigenvalue weighted by atomic mass is 16.5. The van der Waals surface area contributed by atoms with Crippen LogP contribution in [-0.2, 0) is 19.1 Å². The second kappa shape index (κ2) is 7.00. The number of aliphatic hydroxyl groups is 1. The van der Waals surface area contributed by atoms with E-state index in [1.165, 1.54) is 20.3 Å². The van der Waals surface area contributed by atoms with E-state index in [2.05, 4.69) is 16.1 Å². The Morgan fingerprint density at radius 3 is 2.40 bits per heavy atom. The molecule has 0 rings (SSSR count). The van der Waals surface area contributed by atoms with Gasteiger partial charge in [0, 0.05) is 0 Å². The highest BCUT2D eigenvalue weighted by molar-refractivity contribution is 5.75. The molecule has 0 spiro atoms. The number of allylic oxidation sites excluding steroid dienone is 1. The van der Waals surface area contributed by atoms with Crippen LogP contribution >= 0.6 is 0 Å². The summed E-state index contributed by atoms with van der Waals surface area (Å²) < 4.78 is 8.89. The lowest BCUT2D eigenvalue weighted by atomic mass is 9.96. The summed E-state index contributed by atoms with van der Waals surface area (Å²) in [7, 11) is 2.44. The van der Waals surface area contributed by atoms with Crippen LogP contribution in [0.4, 0.5) is 0 Å². The lowest BCUT2D eigenvalue weighted by Gasteiger charge is -2.18. The molecule has 0 aliphatic heterocycles. The molecule has 1 N–H and O–H groups in total. The minimum atomic E-state index is -1.11. The van der Waals surface area contributed by atoms with Crippen molar-refractivity contribution in [2.24, 2.45) is 5.92 Å². The fourth-order valence-corrected chi connectivity index (χ4v) is 1.14. The molecule has 5 heteroatoms. The van der Waals surface area contributed by atoms with Gasteiger partial charge in [0.25, 0.3) is 0 Å². The van der Waals surface area contributed by atoms with Crippen LogP contribution in [0.3, 0.4) is 0 Å². The highest BCUT2D eigenvalue weighted by Gasteiger charge is 2.28. The molecule has 0 fully saturated rings. The number of methoxy groups -OCH3 is 2. The molecule has 0 aromatic heterocycles. The molecule has 0 aliphatic carbocycles. The van der Waals surface area contributed by atoms with Crippen LogP contribution in [0, 0.1) is 5.92 Å². The van der Waals surface area contributed by atoms with Gasteiger partial charge in [-0.05, 0) is 6.42 Å². The number of hydrogen-bond donors (Lipinski definition) is 1. The number of ether oxygens (including phenoxy) is 2. The van der Waals surface area contributed by atoms with Crippen molar-refractivity contribution in [1.29, 1.82) is 0 Å². The van der Waals surface area contributed by atoms with Gasteiger partial charge in [-0.2, -0.15) is 0 Å². The Hall–Kier alpha value is -1.36. The number of hydrogen-bond acceptors (Lipinski definition) is 5. The number of carbonyl (C=O) groups excluding carboxylic acids is 2. The van der Waals surface area contributed by atoms with Crippen molar-refractivity contribution >= 4 is 11.9 Å². The van der Waals surface area contributed by atoms with Gasteiger partial charge in [-0.3, -0.25) is 9.59 Å². The Morgan fingerprint density at radius 2 is 2.00 bits per heavy atom. The number of esters is 2. The fourth-order valence-electron chi connectivity index (χ4n) is 1.14. The summed E-state index contributed by atoms with van der Waals surface area (Å²) in [5, 5.41) is 9.59. The van der Waals surface area contributed by atoms with Gasteiger partial charge in [-0.1, -0.05) is 6.08 Å². The van der Waals surface area contributed by atoms with Crippen LogP contribution < -0.4 is 0 Å². The van der Waals surface area contributed by atoms with Gasteiger partial charge in [0.2, 0.25) is 0 Å². The van der Waals surface area contributed by atoms with E-state index in [-0.39, 0.29) is 12.8 Å². The smallest absolute Gasteiger partial charge is 0.311 e. The van der Waals surface area contributed by atoms with Crippen LogP contribution in [0.15, 0.2) is 12.7 Å². The van der Waals surface area contributed by atoms with Gasteiger partial charge in [0.1, 0.15) is 0 Å². The van der Waals surface area contributed by atoms with Crippen molar-refractivity contribution in [3.63, 3.8) is 0 Å². The average molecular weight is 216 g/mol. The maximum atomic E-state index is 11.2. The van der Waals surface area contributed by atoms with E-state index < -0.39 is 24.0 Å². The summed E-state index contributed by atoms with van der Waals surface area (Å²) in [6.07, 6.45) is 0.403. The van der Waals surface area contributed by atoms with Gasteiger partial charge in [0.15, 0.2) is 0 Å². The molecule has 0 aromatic rings. The predicted molar refractivity (Wildman–Crippen MR) is 53.0 cm³/mol. The van der Waals surface area contributed by atoms with E-state index in [0.717, 1.165) is 0 Å². The molecule has 15 heavy (non-hydrogen) atoms. The molecule has 0 aliphatic rings. The topological polar surface area (TPSA) is 72.8 Å². The summed E-state index contributed by atoms with van der Waals surface area (Å²) in [4.78, 5) is 22.1. The van der Waals surface area contributed by atoms with Gasteiger partial charge < -0.3 is 14.6 Å². The van der Waals surface area contributed by atoms with E-state index in [1.54, 1.807) is 0 Å². The summed E-state index contributed by atoms with van der Waals surface area (Å²) in [6.45, 7) is 3.46. The monoisotopic (exact) mass is 216 g/mol. The summed E-state index contributed by atoms with van der Waals surface area (Å²) in [5.74, 6) is -1.90. The van der Waals surface area contributed by atoms with Gasteiger partial charge in [-0.15, -0.1) is 6.58 Å². The molecule has 0 amide bonds. The molecule has 0 bridgehead atoms. The summed E-state index contributed by atoms with van der Waals surface area (Å²) in [6, 6.07) is 0. The van der Waals surface area contributed by atoms with E-state index in [1.807, 2.05) is 0 Å². The first-order valence-corrected chi connectivity index (χ1v) is 4.50. The fraction of sp³-hybridized carbons (Fsp3) is 0.600. The third kappa shape index (κ3) is 4.60. The van der Waals surface area contributed by atoms with E-state index in [4.69, 9.17) is 0 Å². The Kier molecular flexibility index (Phi) is 6.37. The van der Waals surface area contributed by atoms with Crippen molar-refractivity contribution in [3.05, 3.63) is 12.7 Å². The minimum absolute atomic E-state index is 0.232. The molecule has 5 nitrogen and oxygen atoms in total. The first-order chi connectivity index (χ1) is 7.06. The number of aliphatic hydroxyl groups excluding tert-OH is 1. The third-order valence-corrected chi connectivity index (χ3v) is 1.99. The van der Waals surface area contributed by atoms with Crippen LogP contribution in [0.2, 0.25) is 0 Å². The zero-order valence-corrected chi connectivity index (χ0v) is 8.93. The minimum Gasteiger partial charge on any atom is -0.469 e. The van der Waals surface area contributed by atoms with Crippen LogP contribution in [0.25, 0.3) is 0 Å². The molecular formula is C10H16O5. The molecule has 0 aromatic carbocycles. The maximum Gasteiger partial charge on any atom is 0.311 e. The van der Waals surface area contributed by atoms with Gasteiger partial charge in [-0.25, -0.2) is 0 Å². The predicted octanol–water partition coefficient (Wildman–Crippen LogP) is 0.276. The molecule has 0 heterocycles. The Labute approximate surface area is 88.7 Å². The molecule has 0 radical (unpaired) electrons. The Balaban J connectivity index is 4.40. The number of rotatable bonds is 6. The molecule has 86 valence electrons. The van der Waals surface area contributed by atoms with Crippen LogP contribution in [0.1, 0.15) is 12.8 Å². The van der Waals surface area contributed by atoms with Crippen LogP contribution in [0.5, 0.6) is 0 Å². The van der Waals surface area contributed by atoms with E-state index in [0.29, 0.717) is 0 Å². The molecule has 0 unspecified atom stereocenters. The number of carbonyl (C=O) groups is 2. The zero-order chi connectivity index (χ0) is 11.8. The lowest BCUT2D eigenvalue weighted by molar-refractivity contribution is -0.152. The maximum absolute atomic E-state index is 11.2. The Bertz CT molecular complexity index is 236. The molecular weight excluding hydrogens is 200 g/mol. The lowest BCUT2D eigenvalue weighted by Crippen LogP contribution is -2.31. The van der Waals surface area contributed by atoms with Crippen molar-refractivity contribution in [3.8, 4) is 0 Å². The largest absolute Gasteiger partial charge is 0.469 e. The van der Waals surface area contributed by atoms with Gasteiger partial charge >= 0.3 is 11.9 Å². The second-order valence-electron chi connectivity index (χ2n) is 3.00. The van der Waals surface area contributed by atoms with Crippen molar-refractivity contribution in [1.82, 2.24) is 0 Å². The van der Waals surface area contributed by atoms with Crippen LogP contribution in [-0.4, -0.2) is 37.4 Å². The summed E-state index contributed by atoms with van der Waals surface area (Å²) in [5.41, 5.74) is 0. The SMILES string of the molecule is C=CC[C@H](C(=O)OC)[C@H](O)CC(=O)OC. The summed E-state index contributed by atoms with van der Waals surface area (Å²) >= 11 is 0. The highest BCUT2D eigenvalue weighted by Crippen LogP contribution is 2.15. The quantitative estimate of drug-likeness (QED) is 0.510. The first kappa shape index (κ1) is 13.6. The molecule has 0 saturated heterocycles. The zero-order valence-electron chi connectivity index (χ0n) is 8.93. The first-order valence-electron chi connectivity index (χ1n) is 4.50. The Morgan fingerprint density at radius 1 is 1.40 bits per heavy atom. The van der Waals surface area contributed by atoms with Crippen molar-refractivity contribution in [2.45, 2.75) is 18.9 Å². The normalized spacial score (nSPS) is 13.8. The van der Waals surface area contributed by atoms with Gasteiger partial charge in [0.05, 0.1) is 32.7 Å². The van der Waals surface area contributed by atoms with E-state index >= 15 is 0 Å². The molecule has 2 atom stereocenters. The van der Waals surface area contributed by atoms with Crippen molar-refractivity contribution in [2.75, 3.05) is 14.2 Å². The second-order valence-corrected chi connectivity index (χ2v) is 3.00. The standard InChI is InChI=1S/C10H16O5/c1-4-5-7(10(13)15-3)8(11)6-9(12)14-2/h4,7-8,11H,1,5-6H2,2-3H3/t7-,8+/m0/s1.